The summed E-state index contributed by atoms with van der Waals surface area (Å²) in [6.45, 7) is 0. The molecular weight excluding hydrogens is 238 g/mol. The van der Waals surface area contributed by atoms with Gasteiger partial charge < -0.3 is 15.6 Å². The van der Waals surface area contributed by atoms with Crippen molar-refractivity contribution in [3.8, 4) is 0 Å². The second kappa shape index (κ2) is 5.00. The van der Waals surface area contributed by atoms with Crippen LogP contribution in [0, 0.1) is 11.8 Å². The van der Waals surface area contributed by atoms with Gasteiger partial charge in [-0.05, 0) is 49.7 Å². The Kier molecular flexibility index (Phi) is 3.35. The first-order chi connectivity index (χ1) is 9.15. The minimum Gasteiger partial charge on any atom is -0.347 e. The zero-order valence-corrected chi connectivity index (χ0v) is 11.5. The van der Waals surface area contributed by atoms with Crippen LogP contribution in [0.1, 0.15) is 42.6 Å². The van der Waals surface area contributed by atoms with Crippen LogP contribution >= 0.6 is 0 Å². The highest BCUT2D eigenvalue weighted by atomic mass is 16.2. The summed E-state index contributed by atoms with van der Waals surface area (Å²) in [7, 11) is 1.91. The van der Waals surface area contributed by atoms with Gasteiger partial charge in [-0.25, -0.2) is 0 Å². The van der Waals surface area contributed by atoms with E-state index in [4.69, 9.17) is 5.73 Å². The second-order valence-electron chi connectivity index (χ2n) is 6.19. The molecule has 0 spiro atoms. The number of aryl methyl sites for hydroxylation is 1. The third kappa shape index (κ3) is 2.41. The normalized spacial score (nSPS) is 34.0. The van der Waals surface area contributed by atoms with E-state index in [2.05, 4.69) is 5.32 Å². The number of nitrogens with two attached hydrogens (primary N) is 1. The smallest absolute Gasteiger partial charge is 0.268 e. The van der Waals surface area contributed by atoms with Crippen LogP contribution in [0.3, 0.4) is 0 Å². The molecule has 4 nitrogen and oxygen atoms in total. The van der Waals surface area contributed by atoms with Gasteiger partial charge in [-0.1, -0.05) is 6.42 Å². The van der Waals surface area contributed by atoms with Crippen molar-refractivity contribution < 1.29 is 4.79 Å². The van der Waals surface area contributed by atoms with Crippen molar-refractivity contribution in [2.45, 2.75) is 44.2 Å². The summed E-state index contributed by atoms with van der Waals surface area (Å²) in [4.78, 5) is 12.3. The van der Waals surface area contributed by atoms with Gasteiger partial charge >= 0.3 is 0 Å². The van der Waals surface area contributed by atoms with Crippen molar-refractivity contribution in [3.05, 3.63) is 24.0 Å². The lowest BCUT2D eigenvalue weighted by Crippen LogP contribution is -2.53. The number of nitrogens with zero attached hydrogens (tertiary/aromatic N) is 1. The van der Waals surface area contributed by atoms with Crippen LogP contribution in [0.2, 0.25) is 0 Å². The van der Waals surface area contributed by atoms with Crippen molar-refractivity contribution in [2.75, 3.05) is 0 Å². The number of aromatic nitrogens is 1. The van der Waals surface area contributed by atoms with Crippen molar-refractivity contribution in [1.82, 2.24) is 9.88 Å². The molecule has 1 aromatic heterocycles. The summed E-state index contributed by atoms with van der Waals surface area (Å²) in [5.41, 5.74) is 6.86. The molecule has 2 unspecified atom stereocenters. The highest BCUT2D eigenvalue weighted by Crippen LogP contribution is 2.39. The molecule has 104 valence electrons. The molecule has 3 N–H and O–H groups in total. The number of carbonyl (C=O) groups is 1. The predicted octanol–water partition coefficient (Wildman–Crippen LogP) is 1.66. The molecule has 4 heteroatoms. The summed E-state index contributed by atoms with van der Waals surface area (Å²) in [5.74, 6) is 1.21. The summed E-state index contributed by atoms with van der Waals surface area (Å²) in [6, 6.07) is 4.45. The number of nitrogens with one attached hydrogen (secondary N) is 1. The molecule has 0 radical (unpaired) electrons. The first-order valence-electron chi connectivity index (χ1n) is 7.33. The SMILES string of the molecule is Cn1cccc1C(=O)NC1C2CCCC1CC(N)C2. The highest BCUT2D eigenvalue weighted by molar-refractivity contribution is 5.92. The lowest BCUT2D eigenvalue weighted by atomic mass is 9.67. The summed E-state index contributed by atoms with van der Waals surface area (Å²) in [5, 5.41) is 3.27. The molecule has 2 bridgehead atoms. The maximum Gasteiger partial charge on any atom is 0.268 e. The first kappa shape index (κ1) is 12.7. The Morgan fingerprint density at radius 3 is 2.63 bits per heavy atom. The van der Waals surface area contributed by atoms with Crippen molar-refractivity contribution in [2.24, 2.45) is 24.6 Å². The predicted molar refractivity (Wildman–Crippen MR) is 74.7 cm³/mol. The topological polar surface area (TPSA) is 60.0 Å². The number of rotatable bonds is 2. The van der Waals surface area contributed by atoms with Crippen LogP contribution < -0.4 is 11.1 Å². The number of fused-ring (bicyclic) bond motifs is 2. The van der Waals surface area contributed by atoms with Crippen molar-refractivity contribution in [3.63, 3.8) is 0 Å². The van der Waals surface area contributed by atoms with E-state index in [0.717, 1.165) is 18.5 Å². The maximum atomic E-state index is 12.3. The Hall–Kier alpha value is -1.29. The number of hydrogen-bond acceptors (Lipinski definition) is 2. The standard InChI is InChI=1S/C15H23N3O/c1-18-7-3-6-13(18)15(19)17-14-10-4-2-5-11(14)9-12(16)8-10/h3,6-7,10-12,14H,2,4-5,8-9,16H2,1H3,(H,17,19). The van der Waals surface area contributed by atoms with Crippen LogP contribution in [0.15, 0.2) is 18.3 Å². The van der Waals surface area contributed by atoms with Crippen LogP contribution in [0.25, 0.3) is 0 Å². The molecule has 1 heterocycles. The van der Waals surface area contributed by atoms with Gasteiger partial charge in [0.1, 0.15) is 5.69 Å². The molecule has 0 aliphatic heterocycles. The van der Waals surface area contributed by atoms with Gasteiger partial charge in [0, 0.05) is 25.3 Å². The molecular formula is C15H23N3O. The van der Waals surface area contributed by atoms with Gasteiger partial charge in [0.25, 0.3) is 5.91 Å². The van der Waals surface area contributed by atoms with Gasteiger partial charge in [-0.15, -0.1) is 0 Å². The maximum absolute atomic E-state index is 12.3. The van der Waals surface area contributed by atoms with E-state index in [-0.39, 0.29) is 5.91 Å². The molecule has 2 aliphatic rings. The van der Waals surface area contributed by atoms with Gasteiger partial charge in [0.05, 0.1) is 0 Å². The van der Waals surface area contributed by atoms with Gasteiger partial charge in [-0.3, -0.25) is 4.79 Å². The fourth-order valence-corrected chi connectivity index (χ4v) is 3.95. The summed E-state index contributed by atoms with van der Waals surface area (Å²) >= 11 is 0. The van der Waals surface area contributed by atoms with Crippen molar-refractivity contribution >= 4 is 5.91 Å². The van der Waals surface area contributed by atoms with Crippen LogP contribution in [-0.4, -0.2) is 22.6 Å². The Bertz CT molecular complexity index is 454. The zero-order chi connectivity index (χ0) is 13.4. The van der Waals surface area contributed by atoms with E-state index in [9.17, 15) is 4.79 Å². The Labute approximate surface area is 114 Å². The fourth-order valence-electron chi connectivity index (χ4n) is 3.95. The van der Waals surface area contributed by atoms with E-state index in [1.54, 1.807) is 0 Å². The molecule has 3 rings (SSSR count). The Morgan fingerprint density at radius 2 is 2.05 bits per heavy atom. The lowest BCUT2D eigenvalue weighted by Gasteiger charge is -2.45. The van der Waals surface area contributed by atoms with Gasteiger partial charge in [0.2, 0.25) is 0 Å². The zero-order valence-electron chi connectivity index (χ0n) is 11.5. The largest absolute Gasteiger partial charge is 0.347 e. The Balaban J connectivity index is 1.72. The fraction of sp³-hybridized carbons (Fsp3) is 0.667. The molecule has 2 saturated carbocycles. The second-order valence-corrected chi connectivity index (χ2v) is 6.19. The van der Waals surface area contributed by atoms with E-state index in [1.807, 2.05) is 29.9 Å². The lowest BCUT2D eigenvalue weighted by molar-refractivity contribution is 0.0749. The van der Waals surface area contributed by atoms with E-state index < -0.39 is 0 Å². The van der Waals surface area contributed by atoms with Crippen LogP contribution in [0.4, 0.5) is 0 Å². The monoisotopic (exact) mass is 261 g/mol. The number of amides is 1. The van der Waals surface area contributed by atoms with Gasteiger partial charge in [-0.2, -0.15) is 0 Å². The highest BCUT2D eigenvalue weighted by Gasteiger charge is 2.40. The quantitative estimate of drug-likeness (QED) is 0.850. The summed E-state index contributed by atoms with van der Waals surface area (Å²) in [6.07, 6.45) is 7.75. The molecule has 2 fully saturated rings. The third-order valence-electron chi connectivity index (χ3n) is 4.85. The van der Waals surface area contributed by atoms with Crippen LogP contribution in [0.5, 0.6) is 0 Å². The third-order valence-corrected chi connectivity index (χ3v) is 4.85. The molecule has 0 aromatic carbocycles. The van der Waals surface area contributed by atoms with E-state index in [0.29, 0.717) is 23.9 Å². The Morgan fingerprint density at radius 1 is 1.37 bits per heavy atom. The van der Waals surface area contributed by atoms with E-state index >= 15 is 0 Å². The van der Waals surface area contributed by atoms with Crippen LogP contribution in [-0.2, 0) is 7.05 Å². The molecule has 19 heavy (non-hydrogen) atoms. The average Bonchev–Trinajstić information content (AvgIpc) is 2.76. The van der Waals surface area contributed by atoms with E-state index in [1.165, 1.54) is 19.3 Å². The molecule has 1 aromatic rings. The average molecular weight is 261 g/mol. The van der Waals surface area contributed by atoms with Gasteiger partial charge in [0.15, 0.2) is 0 Å². The molecule has 2 aliphatic carbocycles. The minimum absolute atomic E-state index is 0.0601. The molecule has 1 amide bonds. The first-order valence-corrected chi connectivity index (χ1v) is 7.33. The molecule has 0 saturated heterocycles. The number of carbonyl (C=O) groups excluding carboxylic acids is 1. The minimum atomic E-state index is 0.0601. The summed E-state index contributed by atoms with van der Waals surface area (Å²) < 4.78 is 1.87. The number of hydrogen-bond donors (Lipinski definition) is 2. The van der Waals surface area contributed by atoms with Crippen molar-refractivity contribution in [1.29, 1.82) is 0 Å². The molecule has 2 atom stereocenters.